The molecule has 2 heterocycles. The van der Waals surface area contributed by atoms with Gasteiger partial charge < -0.3 is 19.7 Å². The van der Waals surface area contributed by atoms with Crippen molar-refractivity contribution in [1.29, 1.82) is 0 Å². The van der Waals surface area contributed by atoms with E-state index < -0.39 is 57.7 Å². The molecule has 1 aromatic heterocycles. The van der Waals surface area contributed by atoms with Gasteiger partial charge in [-0.2, -0.15) is 18.2 Å². The van der Waals surface area contributed by atoms with Crippen molar-refractivity contribution in [2.24, 2.45) is 5.41 Å². The van der Waals surface area contributed by atoms with Crippen LogP contribution in [0.15, 0.2) is 53.4 Å². The number of carbonyl (C=O) groups excluding carboxylic acids is 2. The largest absolute Gasteiger partial charge is 0.475 e. The number of benzene rings is 2. The van der Waals surface area contributed by atoms with Crippen molar-refractivity contribution >= 4 is 28.0 Å². The van der Waals surface area contributed by atoms with E-state index in [-0.39, 0.29) is 34.9 Å². The lowest BCUT2D eigenvalue weighted by Crippen LogP contribution is -2.54. The molecular weight excluding hydrogens is 699 g/mol. The number of nitrogens with zero attached hydrogens (tertiary/aromatic N) is 3. The summed E-state index contributed by atoms with van der Waals surface area (Å²) in [6.45, 7) is 10.8. The van der Waals surface area contributed by atoms with Gasteiger partial charge in [0.2, 0.25) is 11.8 Å². The van der Waals surface area contributed by atoms with Gasteiger partial charge in [-0.1, -0.05) is 38.1 Å². The van der Waals surface area contributed by atoms with E-state index in [1.807, 2.05) is 32.0 Å². The number of hydrogen-bond acceptors (Lipinski definition) is 8. The molecule has 0 unspecified atom stereocenters. The molecule has 1 aliphatic heterocycles. The van der Waals surface area contributed by atoms with Crippen LogP contribution in [0.3, 0.4) is 0 Å². The second-order valence-corrected chi connectivity index (χ2v) is 16.9. The molecule has 4 bridgehead atoms. The summed E-state index contributed by atoms with van der Waals surface area (Å²) in [7, 11) is -4.34. The zero-order valence-corrected chi connectivity index (χ0v) is 31.2. The molecule has 5 rings (SSSR count). The monoisotopic (exact) mass is 745 g/mol. The molecule has 1 fully saturated rings. The lowest BCUT2D eigenvalue weighted by Gasteiger charge is -2.44. The molecule has 0 spiro atoms. The molecule has 1 aliphatic carbocycles. The van der Waals surface area contributed by atoms with E-state index in [1.165, 1.54) is 35.2 Å². The van der Waals surface area contributed by atoms with Crippen molar-refractivity contribution in [1.82, 2.24) is 20.2 Å². The van der Waals surface area contributed by atoms with Crippen LogP contribution in [0.1, 0.15) is 88.2 Å². The number of rotatable bonds is 5. The first-order chi connectivity index (χ1) is 24.1. The number of sulfonamides is 1. The highest BCUT2D eigenvalue weighted by Crippen LogP contribution is 2.43. The SMILES string of the molecule is Cc1cccc(C)c1-c1cc2nc(n1)NS(=O)(=O)c1cccc(c1)C(=O)N(C1CCC(NC(=O)OC(C)(C)C)CC1)[C@H](CC(C)(C)C(F)(F)F)CO2. The van der Waals surface area contributed by atoms with E-state index >= 15 is 0 Å². The molecule has 1 atom stereocenters. The van der Waals surface area contributed by atoms with Crippen LogP contribution in [-0.4, -0.2) is 71.8 Å². The van der Waals surface area contributed by atoms with Crippen LogP contribution in [0.5, 0.6) is 5.88 Å². The number of aromatic nitrogens is 2. The van der Waals surface area contributed by atoms with Crippen LogP contribution in [0.4, 0.5) is 23.9 Å². The zero-order valence-electron chi connectivity index (χ0n) is 30.4. The maximum atomic E-state index is 14.5. The van der Waals surface area contributed by atoms with E-state index in [0.717, 1.165) is 25.0 Å². The Labute approximate surface area is 302 Å². The van der Waals surface area contributed by atoms with Gasteiger partial charge in [-0.3, -0.25) is 4.79 Å². The van der Waals surface area contributed by atoms with Crippen LogP contribution >= 0.6 is 0 Å². The predicted octanol–water partition coefficient (Wildman–Crippen LogP) is 7.58. The summed E-state index contributed by atoms with van der Waals surface area (Å²) in [5, 5.41) is 2.86. The maximum Gasteiger partial charge on any atom is 0.407 e. The minimum Gasteiger partial charge on any atom is -0.475 e. The smallest absolute Gasteiger partial charge is 0.407 e. The normalized spacial score (nSPS) is 21.1. The molecular formula is C37H46F3N5O6S. The van der Waals surface area contributed by atoms with Gasteiger partial charge in [0.25, 0.3) is 15.9 Å². The van der Waals surface area contributed by atoms with Crippen molar-refractivity contribution in [3.63, 3.8) is 0 Å². The van der Waals surface area contributed by atoms with Gasteiger partial charge in [0.05, 0.1) is 22.0 Å². The van der Waals surface area contributed by atoms with Crippen LogP contribution in [0.2, 0.25) is 0 Å². The number of aryl methyl sites for hydroxylation is 2. The number of halogens is 3. The lowest BCUT2D eigenvalue weighted by molar-refractivity contribution is -0.218. The summed E-state index contributed by atoms with van der Waals surface area (Å²) in [5.41, 5.74) is -0.204. The molecule has 2 N–H and O–H groups in total. The van der Waals surface area contributed by atoms with Crippen molar-refractivity contribution in [2.45, 2.75) is 115 Å². The molecule has 15 heteroatoms. The predicted molar refractivity (Wildman–Crippen MR) is 190 cm³/mol. The summed E-state index contributed by atoms with van der Waals surface area (Å²) in [4.78, 5) is 37.0. The molecule has 52 heavy (non-hydrogen) atoms. The highest BCUT2D eigenvalue weighted by atomic mass is 32.2. The van der Waals surface area contributed by atoms with Gasteiger partial charge in [-0.05, 0) is 96.0 Å². The van der Waals surface area contributed by atoms with Crippen LogP contribution in [0.25, 0.3) is 11.3 Å². The topological polar surface area (TPSA) is 140 Å². The van der Waals surface area contributed by atoms with Crippen molar-refractivity contribution in [3.8, 4) is 17.1 Å². The third-order valence-electron chi connectivity index (χ3n) is 9.43. The molecule has 3 aromatic rings. The van der Waals surface area contributed by atoms with E-state index in [1.54, 1.807) is 20.8 Å². The minimum atomic E-state index is -4.62. The Morgan fingerprint density at radius 1 is 0.981 bits per heavy atom. The van der Waals surface area contributed by atoms with E-state index in [4.69, 9.17) is 9.47 Å². The number of anilines is 1. The Morgan fingerprint density at radius 2 is 1.62 bits per heavy atom. The number of nitrogens with one attached hydrogen (secondary N) is 2. The van der Waals surface area contributed by atoms with Crippen LogP contribution in [0, 0.1) is 19.3 Å². The highest BCUT2D eigenvalue weighted by Gasteiger charge is 2.50. The second kappa shape index (κ2) is 14.6. The Bertz CT molecular complexity index is 1900. The molecule has 282 valence electrons. The summed E-state index contributed by atoms with van der Waals surface area (Å²) in [6, 6.07) is 10.5. The molecule has 2 aromatic carbocycles. The Morgan fingerprint density at radius 3 is 2.23 bits per heavy atom. The van der Waals surface area contributed by atoms with Crippen molar-refractivity contribution < 1.29 is 40.7 Å². The third kappa shape index (κ3) is 8.96. The molecule has 0 radical (unpaired) electrons. The molecule has 1 saturated carbocycles. The number of alkyl carbamates (subject to hydrolysis) is 1. The average Bonchev–Trinajstić information content (AvgIpc) is 3.02. The summed E-state index contributed by atoms with van der Waals surface area (Å²) in [6.07, 6.45) is -4.16. The Kier molecular flexibility index (Phi) is 10.9. The number of ether oxygens (including phenoxy) is 2. The summed E-state index contributed by atoms with van der Waals surface area (Å²) < 4.78 is 84.9. The van der Waals surface area contributed by atoms with E-state index in [9.17, 15) is 31.2 Å². The Hall–Kier alpha value is -4.40. The van der Waals surface area contributed by atoms with E-state index in [0.29, 0.717) is 36.9 Å². The average molecular weight is 746 g/mol. The van der Waals surface area contributed by atoms with Gasteiger partial charge in [0, 0.05) is 29.3 Å². The van der Waals surface area contributed by atoms with Gasteiger partial charge >= 0.3 is 12.3 Å². The highest BCUT2D eigenvalue weighted by molar-refractivity contribution is 7.92. The lowest BCUT2D eigenvalue weighted by atomic mass is 9.82. The minimum absolute atomic E-state index is 0.0187. The fourth-order valence-electron chi connectivity index (χ4n) is 6.74. The summed E-state index contributed by atoms with van der Waals surface area (Å²) in [5.74, 6) is -1.02. The number of amides is 2. The van der Waals surface area contributed by atoms with Gasteiger partial charge in [0.1, 0.15) is 12.2 Å². The first-order valence-corrected chi connectivity index (χ1v) is 18.7. The van der Waals surface area contributed by atoms with Crippen molar-refractivity contribution in [3.05, 3.63) is 65.2 Å². The maximum absolute atomic E-state index is 14.5. The first kappa shape index (κ1) is 38.8. The number of hydrogen-bond donors (Lipinski definition) is 2. The first-order valence-electron chi connectivity index (χ1n) is 17.2. The van der Waals surface area contributed by atoms with Crippen LogP contribution in [-0.2, 0) is 14.8 Å². The van der Waals surface area contributed by atoms with Gasteiger partial charge in [-0.25, -0.2) is 22.9 Å². The number of alkyl halides is 3. The van der Waals surface area contributed by atoms with Gasteiger partial charge in [0.15, 0.2) is 0 Å². The molecule has 0 saturated heterocycles. The third-order valence-corrected chi connectivity index (χ3v) is 10.8. The Balaban J connectivity index is 1.60. The number of carbonyl (C=O) groups is 2. The van der Waals surface area contributed by atoms with Crippen molar-refractivity contribution in [2.75, 3.05) is 11.3 Å². The fourth-order valence-corrected chi connectivity index (χ4v) is 7.73. The standard InChI is InChI=1S/C37H46F3N5O6S/c1-22-10-8-11-23(2)31(22)29-19-30-43-33(42-29)44-52(48,49)28-13-9-12-24(18-28)32(46)45(27(21-50-30)20-36(6,7)37(38,39)40)26-16-14-25(15-17-26)41-34(47)51-35(3,4)5/h8-13,18-19,25-27H,14-17,20-21H2,1-7H3,(H,41,47)(H,42,43,44)/t25?,26?,27-/m1/s1. The second-order valence-electron chi connectivity index (χ2n) is 15.2. The number of fused-ring (bicyclic) bond motifs is 4. The summed E-state index contributed by atoms with van der Waals surface area (Å²) >= 11 is 0. The zero-order chi connectivity index (χ0) is 38.2. The van der Waals surface area contributed by atoms with Crippen LogP contribution < -0.4 is 14.8 Å². The van der Waals surface area contributed by atoms with E-state index in [2.05, 4.69) is 20.0 Å². The molecule has 2 aliphatic rings. The quantitative estimate of drug-likeness (QED) is 0.273. The molecule has 11 nitrogen and oxygen atoms in total. The fraction of sp³-hybridized carbons (Fsp3) is 0.514. The molecule has 2 amide bonds. The van der Waals surface area contributed by atoms with Gasteiger partial charge in [-0.15, -0.1) is 0 Å².